The highest BCUT2D eigenvalue weighted by molar-refractivity contribution is 7.17. The molecule has 1 aromatic carbocycles. The van der Waals surface area contributed by atoms with E-state index in [0.29, 0.717) is 17.1 Å². The molecule has 2 aromatic rings. The van der Waals surface area contributed by atoms with Crippen LogP contribution >= 0.6 is 11.3 Å². The fraction of sp³-hybridized carbons (Fsp3) is 0.214. The number of rotatable bonds is 2. The van der Waals surface area contributed by atoms with E-state index in [1.165, 1.54) is 12.1 Å². The maximum Gasteiger partial charge on any atom is 0.324 e. The summed E-state index contributed by atoms with van der Waals surface area (Å²) in [7, 11) is 0. The van der Waals surface area contributed by atoms with Crippen LogP contribution in [0.5, 0.6) is 0 Å². The van der Waals surface area contributed by atoms with Gasteiger partial charge in [-0.2, -0.15) is 0 Å². The van der Waals surface area contributed by atoms with Crippen molar-refractivity contribution in [2.24, 2.45) is 0 Å². The minimum Gasteiger partial charge on any atom is -0.399 e. The van der Waals surface area contributed by atoms with Crippen molar-refractivity contribution >= 4 is 33.6 Å². The van der Waals surface area contributed by atoms with Crippen LogP contribution in [0.4, 0.5) is 16.4 Å². The van der Waals surface area contributed by atoms with E-state index in [-0.39, 0.29) is 10.9 Å². The zero-order valence-corrected chi connectivity index (χ0v) is 11.9. The first-order chi connectivity index (χ1) is 10.1. The summed E-state index contributed by atoms with van der Waals surface area (Å²) in [6.45, 7) is 0.613. The number of fused-ring (bicyclic) bond motifs is 1. The Kier molecular flexibility index (Phi) is 3.34. The molecule has 2 N–H and O–H groups in total. The van der Waals surface area contributed by atoms with Gasteiger partial charge in [0.25, 0.3) is 5.91 Å². The second kappa shape index (κ2) is 5.17. The molecule has 1 aromatic heterocycles. The number of nitrogen functional groups attached to an aromatic ring is 1. The molecule has 7 heteroatoms. The van der Waals surface area contributed by atoms with Crippen LogP contribution in [0.2, 0.25) is 0 Å². The lowest BCUT2D eigenvalue weighted by Crippen LogP contribution is -2.35. The minimum atomic E-state index is -0.480. The third-order valence-corrected chi connectivity index (χ3v) is 4.47. The van der Waals surface area contributed by atoms with Gasteiger partial charge in [-0.1, -0.05) is 11.3 Å². The molecule has 2 heterocycles. The van der Waals surface area contributed by atoms with Gasteiger partial charge in [-0.05, 0) is 42.7 Å². The molecule has 0 unspecified atom stereocenters. The first kappa shape index (κ1) is 13.6. The van der Waals surface area contributed by atoms with Gasteiger partial charge < -0.3 is 10.6 Å². The largest absolute Gasteiger partial charge is 0.399 e. The molecule has 6 nitrogen and oxygen atoms in total. The van der Waals surface area contributed by atoms with Crippen molar-refractivity contribution in [3.8, 4) is 0 Å². The van der Waals surface area contributed by atoms with Crippen molar-refractivity contribution in [3.63, 3.8) is 0 Å². The summed E-state index contributed by atoms with van der Waals surface area (Å²) < 4.78 is 0. The fourth-order valence-electron chi connectivity index (χ4n) is 2.50. The van der Waals surface area contributed by atoms with Gasteiger partial charge in [0.2, 0.25) is 0 Å². The van der Waals surface area contributed by atoms with E-state index >= 15 is 0 Å². The summed E-state index contributed by atoms with van der Waals surface area (Å²) in [5.74, 6) is -0.196. The van der Waals surface area contributed by atoms with Gasteiger partial charge in [-0.3, -0.25) is 14.9 Å². The van der Waals surface area contributed by atoms with Crippen LogP contribution in [-0.2, 0) is 6.42 Å². The lowest BCUT2D eigenvalue weighted by Gasteiger charge is -2.29. The SMILES string of the molecule is Nc1ccc2c(c1)CCCN2C(=O)c1ccc([N+](=O)[O-])s1. The van der Waals surface area contributed by atoms with E-state index < -0.39 is 4.92 Å². The molecule has 0 saturated carbocycles. The molecule has 0 bridgehead atoms. The van der Waals surface area contributed by atoms with Crippen LogP contribution in [0.25, 0.3) is 0 Å². The first-order valence-electron chi connectivity index (χ1n) is 6.51. The Labute approximate surface area is 124 Å². The summed E-state index contributed by atoms with van der Waals surface area (Å²) in [5.41, 5.74) is 8.34. The van der Waals surface area contributed by atoms with Gasteiger partial charge in [0, 0.05) is 24.0 Å². The van der Waals surface area contributed by atoms with Crippen molar-refractivity contribution in [3.05, 3.63) is 50.9 Å². The van der Waals surface area contributed by atoms with E-state index in [4.69, 9.17) is 5.73 Å². The molecule has 0 radical (unpaired) electrons. The minimum absolute atomic E-state index is 0.0205. The van der Waals surface area contributed by atoms with Crippen molar-refractivity contribution in [2.45, 2.75) is 12.8 Å². The zero-order valence-electron chi connectivity index (χ0n) is 11.1. The Morgan fingerprint density at radius 1 is 1.33 bits per heavy atom. The number of hydrogen-bond donors (Lipinski definition) is 1. The van der Waals surface area contributed by atoms with Crippen LogP contribution in [0.3, 0.4) is 0 Å². The van der Waals surface area contributed by atoms with Crippen LogP contribution in [0.1, 0.15) is 21.7 Å². The molecule has 0 atom stereocenters. The Morgan fingerprint density at radius 2 is 2.14 bits per heavy atom. The normalized spacial score (nSPS) is 13.8. The van der Waals surface area contributed by atoms with Gasteiger partial charge >= 0.3 is 5.00 Å². The monoisotopic (exact) mass is 303 g/mol. The van der Waals surface area contributed by atoms with Gasteiger partial charge in [0.1, 0.15) is 0 Å². The number of nitrogens with two attached hydrogens (primary N) is 1. The van der Waals surface area contributed by atoms with Gasteiger partial charge in [0.15, 0.2) is 0 Å². The maximum absolute atomic E-state index is 12.6. The van der Waals surface area contributed by atoms with E-state index in [1.807, 2.05) is 12.1 Å². The molecular formula is C14H13N3O3S. The third-order valence-electron chi connectivity index (χ3n) is 3.45. The number of thiophene rings is 1. The summed E-state index contributed by atoms with van der Waals surface area (Å²) in [6, 6.07) is 8.36. The van der Waals surface area contributed by atoms with Crippen LogP contribution < -0.4 is 10.6 Å². The number of carbonyl (C=O) groups is 1. The molecule has 108 valence electrons. The molecule has 1 aliphatic heterocycles. The first-order valence-corrected chi connectivity index (χ1v) is 7.32. The van der Waals surface area contributed by atoms with Crippen molar-refractivity contribution in [1.29, 1.82) is 0 Å². The number of amides is 1. The number of carbonyl (C=O) groups excluding carboxylic acids is 1. The van der Waals surface area contributed by atoms with Crippen molar-refractivity contribution in [2.75, 3.05) is 17.2 Å². The van der Waals surface area contributed by atoms with E-state index in [9.17, 15) is 14.9 Å². The maximum atomic E-state index is 12.6. The topological polar surface area (TPSA) is 89.5 Å². The number of nitro groups is 1. The summed E-state index contributed by atoms with van der Waals surface area (Å²) in [5, 5.41) is 10.7. The summed E-state index contributed by atoms with van der Waals surface area (Å²) >= 11 is 0.906. The van der Waals surface area contributed by atoms with Gasteiger partial charge in [0.05, 0.1) is 9.80 Å². The molecule has 1 aliphatic rings. The second-order valence-corrected chi connectivity index (χ2v) is 5.91. The molecule has 0 aliphatic carbocycles. The lowest BCUT2D eigenvalue weighted by molar-refractivity contribution is -0.380. The summed E-state index contributed by atoms with van der Waals surface area (Å²) in [4.78, 5) is 24.9. The second-order valence-electron chi connectivity index (χ2n) is 4.84. The molecule has 0 saturated heterocycles. The van der Waals surface area contributed by atoms with E-state index in [1.54, 1.807) is 11.0 Å². The quantitative estimate of drug-likeness (QED) is 0.525. The Balaban J connectivity index is 1.94. The van der Waals surface area contributed by atoms with Crippen molar-refractivity contribution in [1.82, 2.24) is 0 Å². The average molecular weight is 303 g/mol. The zero-order chi connectivity index (χ0) is 15.0. The Hall–Kier alpha value is -2.41. The highest BCUT2D eigenvalue weighted by Crippen LogP contribution is 2.32. The molecule has 0 spiro atoms. The van der Waals surface area contributed by atoms with Gasteiger partial charge in [-0.25, -0.2) is 0 Å². The van der Waals surface area contributed by atoms with Crippen LogP contribution in [0.15, 0.2) is 30.3 Å². The van der Waals surface area contributed by atoms with E-state index in [2.05, 4.69) is 0 Å². The highest BCUT2D eigenvalue weighted by Gasteiger charge is 2.26. The molecule has 1 amide bonds. The molecule has 0 fully saturated rings. The number of aryl methyl sites for hydroxylation is 1. The summed E-state index contributed by atoms with van der Waals surface area (Å²) in [6.07, 6.45) is 1.74. The number of anilines is 2. The van der Waals surface area contributed by atoms with Crippen molar-refractivity contribution < 1.29 is 9.72 Å². The highest BCUT2D eigenvalue weighted by atomic mass is 32.1. The lowest BCUT2D eigenvalue weighted by atomic mass is 10.0. The molecular weight excluding hydrogens is 290 g/mol. The van der Waals surface area contributed by atoms with Gasteiger partial charge in [-0.15, -0.1) is 0 Å². The molecule has 3 rings (SSSR count). The number of hydrogen-bond acceptors (Lipinski definition) is 5. The van der Waals surface area contributed by atoms with Crippen LogP contribution in [0, 0.1) is 10.1 Å². The Morgan fingerprint density at radius 3 is 2.86 bits per heavy atom. The Bertz CT molecular complexity index is 726. The predicted molar refractivity (Wildman–Crippen MR) is 81.8 cm³/mol. The number of benzene rings is 1. The average Bonchev–Trinajstić information content (AvgIpc) is 2.95. The predicted octanol–water partition coefficient (Wildman–Crippen LogP) is 2.83. The smallest absolute Gasteiger partial charge is 0.324 e. The number of nitrogens with zero attached hydrogens (tertiary/aromatic N) is 2. The fourth-order valence-corrected chi connectivity index (χ4v) is 3.27. The van der Waals surface area contributed by atoms with Crippen LogP contribution in [-0.4, -0.2) is 17.4 Å². The van der Waals surface area contributed by atoms with E-state index in [0.717, 1.165) is 35.4 Å². The standard InChI is InChI=1S/C14H13N3O3S/c15-10-3-4-11-9(8-10)2-1-7-16(11)14(18)12-5-6-13(21-12)17(19)20/h3-6,8H,1-2,7,15H2. The molecule has 21 heavy (non-hydrogen) atoms. The third kappa shape index (κ3) is 2.47.